The van der Waals surface area contributed by atoms with Gasteiger partial charge in [0.15, 0.2) is 6.29 Å². The van der Waals surface area contributed by atoms with Gasteiger partial charge in [0.2, 0.25) is 0 Å². The maximum Gasteiger partial charge on any atom is 0.158 e. The van der Waals surface area contributed by atoms with E-state index < -0.39 is 6.10 Å². The lowest BCUT2D eigenvalue weighted by Gasteiger charge is -2.28. The van der Waals surface area contributed by atoms with Gasteiger partial charge in [0, 0.05) is 6.42 Å². The molecular formula is C9H18O3. The van der Waals surface area contributed by atoms with Crippen LogP contribution in [-0.4, -0.2) is 30.7 Å². The van der Waals surface area contributed by atoms with Gasteiger partial charge in [-0.15, -0.1) is 0 Å². The molecule has 1 atom stereocenters. The van der Waals surface area contributed by atoms with Crippen molar-refractivity contribution in [2.24, 2.45) is 5.92 Å². The lowest BCUT2D eigenvalue weighted by atomic mass is 10.1. The second-order valence-corrected chi connectivity index (χ2v) is 3.50. The molecular weight excluding hydrogens is 156 g/mol. The maximum atomic E-state index is 9.07. The third kappa shape index (κ3) is 3.09. The van der Waals surface area contributed by atoms with Crippen LogP contribution in [0.15, 0.2) is 0 Å². The minimum Gasteiger partial charge on any atom is -0.388 e. The average Bonchev–Trinajstić information content (AvgIpc) is 2.09. The predicted octanol–water partition coefficient (Wildman–Crippen LogP) is 1.16. The number of hydrogen-bond donors (Lipinski definition) is 1. The summed E-state index contributed by atoms with van der Waals surface area (Å²) in [6, 6.07) is 0. The summed E-state index contributed by atoms with van der Waals surface area (Å²) in [4.78, 5) is 0. The van der Waals surface area contributed by atoms with Crippen LogP contribution in [-0.2, 0) is 9.47 Å². The van der Waals surface area contributed by atoms with Gasteiger partial charge in [0.25, 0.3) is 0 Å². The fourth-order valence-corrected chi connectivity index (χ4v) is 1.16. The van der Waals surface area contributed by atoms with Crippen molar-refractivity contribution in [3.63, 3.8) is 0 Å². The molecule has 1 heterocycles. The second-order valence-electron chi connectivity index (χ2n) is 3.50. The first-order chi connectivity index (χ1) is 5.72. The largest absolute Gasteiger partial charge is 0.388 e. The molecule has 3 nitrogen and oxygen atoms in total. The molecule has 1 fully saturated rings. The molecule has 1 saturated heterocycles. The summed E-state index contributed by atoms with van der Waals surface area (Å²) in [5, 5.41) is 9.07. The zero-order valence-electron chi connectivity index (χ0n) is 7.82. The van der Waals surface area contributed by atoms with E-state index in [1.807, 2.05) is 0 Å². The molecule has 0 bridgehead atoms. The van der Waals surface area contributed by atoms with Crippen molar-refractivity contribution in [2.75, 3.05) is 13.2 Å². The molecule has 0 radical (unpaired) electrons. The molecule has 0 aromatic heterocycles. The minimum absolute atomic E-state index is 0.0941. The molecule has 1 rings (SSSR count). The van der Waals surface area contributed by atoms with Gasteiger partial charge < -0.3 is 14.6 Å². The molecule has 1 aliphatic rings. The standard InChI is InChI=1S/C9H18O3/c1-3-7(2)4-9-11-5-8(10)6-12-9/h7-10H,3-6H2,1-2H3. The highest BCUT2D eigenvalue weighted by atomic mass is 16.7. The van der Waals surface area contributed by atoms with Crippen LogP contribution in [0.25, 0.3) is 0 Å². The average molecular weight is 174 g/mol. The first kappa shape index (κ1) is 9.96. The van der Waals surface area contributed by atoms with Crippen LogP contribution < -0.4 is 0 Å². The molecule has 1 N–H and O–H groups in total. The highest BCUT2D eigenvalue weighted by Crippen LogP contribution is 2.16. The lowest BCUT2D eigenvalue weighted by molar-refractivity contribution is -0.221. The second kappa shape index (κ2) is 4.80. The van der Waals surface area contributed by atoms with Crippen LogP contribution in [0.5, 0.6) is 0 Å². The van der Waals surface area contributed by atoms with E-state index in [1.165, 1.54) is 0 Å². The van der Waals surface area contributed by atoms with Crippen LogP contribution in [0, 0.1) is 5.92 Å². The molecule has 0 aliphatic carbocycles. The van der Waals surface area contributed by atoms with Crippen molar-refractivity contribution in [3.05, 3.63) is 0 Å². The minimum atomic E-state index is -0.432. The fraction of sp³-hybridized carbons (Fsp3) is 1.00. The van der Waals surface area contributed by atoms with E-state index in [2.05, 4.69) is 13.8 Å². The first-order valence-corrected chi connectivity index (χ1v) is 4.63. The van der Waals surface area contributed by atoms with Gasteiger partial charge in [-0.2, -0.15) is 0 Å². The normalized spacial score (nSPS) is 33.2. The van der Waals surface area contributed by atoms with Crippen LogP contribution in [0.2, 0.25) is 0 Å². The van der Waals surface area contributed by atoms with Crippen molar-refractivity contribution in [1.29, 1.82) is 0 Å². The van der Waals surface area contributed by atoms with Gasteiger partial charge in [0.1, 0.15) is 6.10 Å². The summed E-state index contributed by atoms with van der Waals surface area (Å²) in [7, 11) is 0. The molecule has 12 heavy (non-hydrogen) atoms. The Labute approximate surface area is 73.7 Å². The van der Waals surface area contributed by atoms with E-state index in [4.69, 9.17) is 14.6 Å². The Morgan fingerprint density at radius 1 is 1.42 bits per heavy atom. The van der Waals surface area contributed by atoms with Gasteiger partial charge in [-0.3, -0.25) is 0 Å². The third-order valence-electron chi connectivity index (χ3n) is 2.24. The quantitative estimate of drug-likeness (QED) is 0.697. The molecule has 0 saturated carbocycles. The molecule has 0 aromatic carbocycles. The first-order valence-electron chi connectivity index (χ1n) is 4.63. The van der Waals surface area contributed by atoms with Crippen LogP contribution in [0.1, 0.15) is 26.7 Å². The summed E-state index contributed by atoms with van der Waals surface area (Å²) in [5.74, 6) is 0.630. The number of hydrogen-bond acceptors (Lipinski definition) is 3. The Hall–Kier alpha value is -0.120. The van der Waals surface area contributed by atoms with E-state index >= 15 is 0 Å². The molecule has 72 valence electrons. The topological polar surface area (TPSA) is 38.7 Å². The SMILES string of the molecule is CCC(C)CC1OCC(O)CO1. The molecule has 0 amide bonds. The summed E-state index contributed by atoms with van der Waals surface area (Å²) in [6.07, 6.45) is 1.55. The summed E-state index contributed by atoms with van der Waals surface area (Å²) >= 11 is 0. The maximum absolute atomic E-state index is 9.07. The lowest BCUT2D eigenvalue weighted by Crippen LogP contribution is -2.36. The Bertz CT molecular complexity index is 119. The van der Waals surface area contributed by atoms with Crippen molar-refractivity contribution in [1.82, 2.24) is 0 Å². The van der Waals surface area contributed by atoms with Crippen molar-refractivity contribution < 1.29 is 14.6 Å². The summed E-state index contributed by atoms with van der Waals surface area (Å²) in [5.41, 5.74) is 0. The molecule has 0 spiro atoms. The Morgan fingerprint density at radius 2 is 2.00 bits per heavy atom. The van der Waals surface area contributed by atoms with E-state index in [1.54, 1.807) is 0 Å². The van der Waals surface area contributed by atoms with Crippen molar-refractivity contribution in [2.45, 2.75) is 39.1 Å². The van der Waals surface area contributed by atoms with E-state index in [-0.39, 0.29) is 6.29 Å². The van der Waals surface area contributed by atoms with Gasteiger partial charge in [-0.25, -0.2) is 0 Å². The fourth-order valence-electron chi connectivity index (χ4n) is 1.16. The van der Waals surface area contributed by atoms with E-state index in [0.717, 1.165) is 12.8 Å². The van der Waals surface area contributed by atoms with Gasteiger partial charge in [-0.1, -0.05) is 20.3 Å². The zero-order valence-corrected chi connectivity index (χ0v) is 7.82. The summed E-state index contributed by atoms with van der Waals surface area (Å²) < 4.78 is 10.6. The monoisotopic (exact) mass is 174 g/mol. The van der Waals surface area contributed by atoms with Crippen molar-refractivity contribution in [3.8, 4) is 0 Å². The number of rotatable bonds is 3. The number of aliphatic hydroxyl groups is 1. The van der Waals surface area contributed by atoms with E-state index in [9.17, 15) is 0 Å². The van der Waals surface area contributed by atoms with Gasteiger partial charge in [0.05, 0.1) is 13.2 Å². The predicted molar refractivity (Wildman–Crippen MR) is 45.8 cm³/mol. The zero-order chi connectivity index (χ0) is 8.97. The Morgan fingerprint density at radius 3 is 2.50 bits per heavy atom. The van der Waals surface area contributed by atoms with Gasteiger partial charge >= 0.3 is 0 Å². The molecule has 3 heteroatoms. The van der Waals surface area contributed by atoms with Crippen LogP contribution >= 0.6 is 0 Å². The number of ether oxygens (including phenoxy) is 2. The highest BCUT2D eigenvalue weighted by Gasteiger charge is 2.21. The Balaban J connectivity index is 2.17. The van der Waals surface area contributed by atoms with Crippen LogP contribution in [0.4, 0.5) is 0 Å². The van der Waals surface area contributed by atoms with Crippen molar-refractivity contribution >= 4 is 0 Å². The molecule has 1 unspecified atom stereocenters. The van der Waals surface area contributed by atoms with Crippen LogP contribution in [0.3, 0.4) is 0 Å². The molecule has 0 aromatic rings. The van der Waals surface area contributed by atoms with E-state index in [0.29, 0.717) is 19.1 Å². The summed E-state index contributed by atoms with van der Waals surface area (Å²) in [6.45, 7) is 5.17. The Kier molecular flexibility index (Phi) is 3.98. The number of aliphatic hydroxyl groups excluding tert-OH is 1. The molecule has 1 aliphatic heterocycles. The smallest absolute Gasteiger partial charge is 0.158 e. The van der Waals surface area contributed by atoms with Gasteiger partial charge in [-0.05, 0) is 5.92 Å². The third-order valence-corrected chi connectivity index (χ3v) is 2.24. The highest BCUT2D eigenvalue weighted by molar-refractivity contribution is 4.62.